The Labute approximate surface area is 111 Å². The van der Waals surface area contributed by atoms with Crippen LogP contribution in [-0.2, 0) is 0 Å². The van der Waals surface area contributed by atoms with Crippen molar-refractivity contribution in [3.05, 3.63) is 29.0 Å². The molecule has 0 radical (unpaired) electrons. The summed E-state index contributed by atoms with van der Waals surface area (Å²) in [7, 11) is 0. The fourth-order valence-electron chi connectivity index (χ4n) is 2.25. The second-order valence-corrected chi connectivity index (χ2v) is 5.43. The third-order valence-corrected chi connectivity index (χ3v) is 4.41. The van der Waals surface area contributed by atoms with Gasteiger partial charge in [-0.25, -0.2) is 4.98 Å². The molecule has 0 aliphatic carbocycles. The molecule has 4 nitrogen and oxygen atoms in total. The number of nitrogens with zero attached hydrogens (tertiary/aromatic N) is 2. The summed E-state index contributed by atoms with van der Waals surface area (Å²) < 4.78 is 5.10. The Bertz CT molecular complexity index is 488. The Kier molecular flexibility index (Phi) is 3.45. The number of hydrogen-bond donors (Lipinski definition) is 1. The van der Waals surface area contributed by atoms with Crippen molar-refractivity contribution in [2.75, 3.05) is 26.2 Å². The molecule has 3 heterocycles. The van der Waals surface area contributed by atoms with Crippen molar-refractivity contribution in [1.29, 1.82) is 0 Å². The average Bonchev–Trinajstić information content (AvgIpc) is 3.09. The van der Waals surface area contributed by atoms with Gasteiger partial charge in [-0.1, -0.05) is 0 Å². The first kappa shape index (κ1) is 11.9. The van der Waals surface area contributed by atoms with E-state index in [1.807, 2.05) is 6.07 Å². The van der Waals surface area contributed by atoms with E-state index in [1.54, 1.807) is 23.9 Å². The van der Waals surface area contributed by atoms with Crippen LogP contribution in [-0.4, -0.2) is 36.1 Å². The van der Waals surface area contributed by atoms with Crippen LogP contribution in [0.4, 0.5) is 0 Å². The van der Waals surface area contributed by atoms with Gasteiger partial charge in [0.05, 0.1) is 24.3 Å². The molecule has 1 N–H and O–H groups in total. The highest BCUT2D eigenvalue weighted by Crippen LogP contribution is 2.28. The molecule has 2 aromatic rings. The zero-order valence-electron chi connectivity index (χ0n) is 10.4. The van der Waals surface area contributed by atoms with E-state index in [2.05, 4.69) is 22.5 Å². The van der Waals surface area contributed by atoms with Crippen molar-refractivity contribution in [2.45, 2.75) is 13.0 Å². The summed E-state index contributed by atoms with van der Waals surface area (Å²) in [4.78, 5) is 7.20. The van der Waals surface area contributed by atoms with E-state index in [-0.39, 0.29) is 0 Å². The van der Waals surface area contributed by atoms with Crippen molar-refractivity contribution in [1.82, 2.24) is 15.2 Å². The van der Waals surface area contributed by atoms with Gasteiger partial charge in [-0.3, -0.25) is 4.90 Å². The van der Waals surface area contributed by atoms with Crippen LogP contribution in [0.25, 0.3) is 11.3 Å². The monoisotopic (exact) mass is 263 g/mol. The molecule has 18 heavy (non-hydrogen) atoms. The highest BCUT2D eigenvalue weighted by atomic mass is 32.1. The summed E-state index contributed by atoms with van der Waals surface area (Å²) in [5.41, 5.74) is 2.08. The van der Waals surface area contributed by atoms with E-state index in [0.717, 1.165) is 37.4 Å². The van der Waals surface area contributed by atoms with Crippen LogP contribution >= 0.6 is 11.3 Å². The van der Waals surface area contributed by atoms with Gasteiger partial charge in [0.2, 0.25) is 0 Å². The van der Waals surface area contributed by atoms with Crippen molar-refractivity contribution in [3.8, 4) is 11.3 Å². The zero-order chi connectivity index (χ0) is 12.4. The average molecular weight is 263 g/mol. The number of hydrogen-bond acceptors (Lipinski definition) is 5. The molecule has 1 aliphatic heterocycles. The SMILES string of the molecule is CC(c1nc(-c2ccoc2)cs1)N1CCNCC1. The number of thiazole rings is 1. The fourth-order valence-corrected chi connectivity index (χ4v) is 3.17. The van der Waals surface area contributed by atoms with Gasteiger partial charge >= 0.3 is 0 Å². The van der Waals surface area contributed by atoms with E-state index in [9.17, 15) is 0 Å². The lowest BCUT2D eigenvalue weighted by atomic mass is 10.2. The minimum atomic E-state index is 0.401. The number of nitrogens with one attached hydrogen (secondary N) is 1. The second kappa shape index (κ2) is 5.22. The molecule has 0 bridgehead atoms. The molecule has 1 atom stereocenters. The van der Waals surface area contributed by atoms with Crippen LogP contribution in [0.2, 0.25) is 0 Å². The van der Waals surface area contributed by atoms with E-state index >= 15 is 0 Å². The third-order valence-electron chi connectivity index (χ3n) is 3.40. The van der Waals surface area contributed by atoms with E-state index in [0.29, 0.717) is 6.04 Å². The van der Waals surface area contributed by atoms with Crippen LogP contribution in [0.3, 0.4) is 0 Å². The normalized spacial score (nSPS) is 18.9. The fraction of sp³-hybridized carbons (Fsp3) is 0.462. The first-order chi connectivity index (χ1) is 8.84. The molecule has 1 unspecified atom stereocenters. The summed E-state index contributed by atoms with van der Waals surface area (Å²) in [6.45, 7) is 6.58. The molecule has 3 rings (SSSR count). The van der Waals surface area contributed by atoms with Crippen molar-refractivity contribution in [2.24, 2.45) is 0 Å². The first-order valence-corrected chi connectivity index (χ1v) is 7.15. The Morgan fingerprint density at radius 3 is 3.00 bits per heavy atom. The van der Waals surface area contributed by atoms with Gasteiger partial charge in [0.1, 0.15) is 5.01 Å². The quantitative estimate of drug-likeness (QED) is 0.923. The molecule has 1 fully saturated rings. The van der Waals surface area contributed by atoms with Gasteiger partial charge in [-0.05, 0) is 13.0 Å². The lowest BCUT2D eigenvalue weighted by molar-refractivity contribution is 0.185. The maximum Gasteiger partial charge on any atom is 0.110 e. The lowest BCUT2D eigenvalue weighted by Crippen LogP contribution is -2.44. The highest BCUT2D eigenvalue weighted by molar-refractivity contribution is 7.10. The van der Waals surface area contributed by atoms with Gasteiger partial charge < -0.3 is 9.73 Å². The van der Waals surface area contributed by atoms with Gasteiger partial charge in [-0.15, -0.1) is 11.3 Å². The van der Waals surface area contributed by atoms with Crippen molar-refractivity contribution < 1.29 is 4.42 Å². The summed E-state index contributed by atoms with van der Waals surface area (Å²) in [6.07, 6.45) is 3.43. The van der Waals surface area contributed by atoms with E-state index in [1.165, 1.54) is 5.01 Å². The Morgan fingerprint density at radius 2 is 2.28 bits per heavy atom. The lowest BCUT2D eigenvalue weighted by Gasteiger charge is -2.31. The molecule has 2 aromatic heterocycles. The van der Waals surface area contributed by atoms with Gasteiger partial charge in [0.25, 0.3) is 0 Å². The predicted octanol–water partition coefficient (Wildman–Crippen LogP) is 2.37. The molecule has 1 aliphatic rings. The Morgan fingerprint density at radius 1 is 1.44 bits per heavy atom. The summed E-state index contributed by atoms with van der Waals surface area (Å²) in [5, 5.41) is 6.68. The molecule has 96 valence electrons. The van der Waals surface area contributed by atoms with E-state index < -0.39 is 0 Å². The number of rotatable bonds is 3. The standard InChI is InChI=1S/C13H17N3OS/c1-10(16-5-3-14-4-6-16)13-15-12(9-18-13)11-2-7-17-8-11/h2,7-10,14H,3-6H2,1H3. The molecule has 0 amide bonds. The number of piperazine rings is 1. The van der Waals surface area contributed by atoms with Crippen LogP contribution in [0.15, 0.2) is 28.4 Å². The summed E-state index contributed by atoms with van der Waals surface area (Å²) in [5.74, 6) is 0. The maximum absolute atomic E-state index is 5.10. The second-order valence-electron chi connectivity index (χ2n) is 4.54. The maximum atomic E-state index is 5.10. The van der Waals surface area contributed by atoms with Crippen LogP contribution < -0.4 is 5.32 Å². The van der Waals surface area contributed by atoms with Gasteiger partial charge in [-0.2, -0.15) is 0 Å². The molecule has 1 saturated heterocycles. The molecule has 5 heteroatoms. The summed E-state index contributed by atoms with van der Waals surface area (Å²) >= 11 is 1.73. The minimum Gasteiger partial charge on any atom is -0.472 e. The smallest absolute Gasteiger partial charge is 0.110 e. The number of furan rings is 1. The van der Waals surface area contributed by atoms with Crippen LogP contribution in [0.1, 0.15) is 18.0 Å². The Hall–Kier alpha value is -1.17. The zero-order valence-corrected chi connectivity index (χ0v) is 11.2. The largest absolute Gasteiger partial charge is 0.472 e. The first-order valence-electron chi connectivity index (χ1n) is 6.27. The third kappa shape index (κ3) is 2.34. The van der Waals surface area contributed by atoms with Crippen molar-refractivity contribution >= 4 is 11.3 Å². The molecule has 0 saturated carbocycles. The molecular weight excluding hydrogens is 246 g/mol. The topological polar surface area (TPSA) is 41.3 Å². The highest BCUT2D eigenvalue weighted by Gasteiger charge is 2.20. The Balaban J connectivity index is 1.76. The minimum absolute atomic E-state index is 0.401. The van der Waals surface area contributed by atoms with Crippen LogP contribution in [0.5, 0.6) is 0 Å². The molecule has 0 aromatic carbocycles. The molecular formula is C13H17N3OS. The van der Waals surface area contributed by atoms with Crippen molar-refractivity contribution in [3.63, 3.8) is 0 Å². The number of aromatic nitrogens is 1. The van der Waals surface area contributed by atoms with Gasteiger partial charge in [0.15, 0.2) is 0 Å². The molecule has 0 spiro atoms. The van der Waals surface area contributed by atoms with E-state index in [4.69, 9.17) is 9.40 Å². The summed E-state index contributed by atoms with van der Waals surface area (Å²) in [6, 6.07) is 2.35. The van der Waals surface area contributed by atoms with Gasteiger partial charge in [0, 0.05) is 37.1 Å². The van der Waals surface area contributed by atoms with Crippen LogP contribution in [0, 0.1) is 0 Å². The predicted molar refractivity (Wildman–Crippen MR) is 72.7 cm³/mol.